The number of nitrogens with one attached hydrogen (secondary N) is 1. The van der Waals surface area contributed by atoms with Crippen LogP contribution in [0.15, 0.2) is 18.2 Å². The summed E-state index contributed by atoms with van der Waals surface area (Å²) in [4.78, 5) is 10.7. The molecule has 1 unspecified atom stereocenters. The minimum atomic E-state index is -4.73. The van der Waals surface area contributed by atoms with Crippen molar-refractivity contribution in [2.75, 3.05) is 6.54 Å². The lowest BCUT2D eigenvalue weighted by Crippen LogP contribution is -2.26. The lowest BCUT2D eigenvalue weighted by atomic mass is 9.97. The minimum absolute atomic E-state index is 0.266. The zero-order valence-corrected chi connectivity index (χ0v) is 10.1. The Morgan fingerprint density at radius 3 is 2.53 bits per heavy atom. The van der Waals surface area contributed by atoms with Crippen LogP contribution in [0.5, 0.6) is 0 Å². The van der Waals surface area contributed by atoms with E-state index in [1.54, 1.807) is 6.92 Å². The second kappa shape index (κ2) is 6.01. The fourth-order valence-corrected chi connectivity index (χ4v) is 1.79. The van der Waals surface area contributed by atoms with E-state index in [9.17, 15) is 22.4 Å². The number of carboxylic acids is 1. The third-order valence-electron chi connectivity index (χ3n) is 2.53. The van der Waals surface area contributed by atoms with E-state index in [4.69, 9.17) is 5.11 Å². The summed E-state index contributed by atoms with van der Waals surface area (Å²) >= 11 is 0. The molecule has 1 aromatic carbocycles. The molecule has 0 aliphatic rings. The van der Waals surface area contributed by atoms with Crippen LogP contribution in [-0.2, 0) is 11.0 Å². The summed E-state index contributed by atoms with van der Waals surface area (Å²) in [6.45, 7) is 1.94. The SMILES string of the molecule is CCNC(CC(=O)O)c1ccc(F)cc1C(F)(F)F. The van der Waals surface area contributed by atoms with Crippen molar-refractivity contribution in [3.8, 4) is 0 Å². The summed E-state index contributed by atoms with van der Waals surface area (Å²) in [7, 11) is 0. The number of hydrogen-bond donors (Lipinski definition) is 2. The van der Waals surface area contributed by atoms with Gasteiger partial charge in [-0.15, -0.1) is 0 Å². The van der Waals surface area contributed by atoms with Gasteiger partial charge in [0.25, 0.3) is 0 Å². The monoisotopic (exact) mass is 279 g/mol. The van der Waals surface area contributed by atoms with Crippen molar-refractivity contribution in [1.29, 1.82) is 0 Å². The van der Waals surface area contributed by atoms with Crippen LogP contribution in [0.2, 0.25) is 0 Å². The van der Waals surface area contributed by atoms with Gasteiger partial charge in [0.05, 0.1) is 12.0 Å². The minimum Gasteiger partial charge on any atom is -0.481 e. The smallest absolute Gasteiger partial charge is 0.416 e. The predicted octanol–water partition coefficient (Wildman–Crippen LogP) is 2.97. The number of halogens is 4. The summed E-state index contributed by atoms with van der Waals surface area (Å²) in [5, 5.41) is 11.4. The van der Waals surface area contributed by atoms with Gasteiger partial charge in [-0.25, -0.2) is 4.39 Å². The van der Waals surface area contributed by atoms with Gasteiger partial charge in [-0.1, -0.05) is 13.0 Å². The van der Waals surface area contributed by atoms with E-state index in [-0.39, 0.29) is 5.56 Å². The highest BCUT2D eigenvalue weighted by Crippen LogP contribution is 2.35. The number of carbonyl (C=O) groups is 1. The van der Waals surface area contributed by atoms with Crippen LogP contribution in [0.3, 0.4) is 0 Å². The lowest BCUT2D eigenvalue weighted by molar-refractivity contribution is -0.141. The van der Waals surface area contributed by atoms with Crippen LogP contribution >= 0.6 is 0 Å². The Kier molecular flexibility index (Phi) is 4.88. The quantitative estimate of drug-likeness (QED) is 0.815. The van der Waals surface area contributed by atoms with Gasteiger partial charge in [0.2, 0.25) is 0 Å². The second-order valence-corrected chi connectivity index (χ2v) is 3.94. The molecule has 1 rings (SSSR count). The van der Waals surface area contributed by atoms with Crippen LogP contribution in [0.4, 0.5) is 17.6 Å². The summed E-state index contributed by atoms with van der Waals surface area (Å²) < 4.78 is 51.4. The van der Waals surface area contributed by atoms with Gasteiger partial charge in [0.1, 0.15) is 5.82 Å². The third-order valence-corrected chi connectivity index (χ3v) is 2.53. The van der Waals surface area contributed by atoms with Gasteiger partial charge >= 0.3 is 12.1 Å². The van der Waals surface area contributed by atoms with Crippen molar-refractivity contribution in [2.24, 2.45) is 0 Å². The average Bonchev–Trinajstić information content (AvgIpc) is 2.26. The van der Waals surface area contributed by atoms with Crippen LogP contribution in [-0.4, -0.2) is 17.6 Å². The molecule has 0 saturated heterocycles. The first kappa shape index (κ1) is 15.4. The molecule has 19 heavy (non-hydrogen) atoms. The Balaban J connectivity index is 3.25. The first-order valence-corrected chi connectivity index (χ1v) is 5.57. The standard InChI is InChI=1S/C12H13F4NO2/c1-2-17-10(6-11(18)19)8-4-3-7(13)5-9(8)12(14,15)16/h3-5,10,17H,2,6H2,1H3,(H,18,19). The molecule has 0 heterocycles. The molecule has 2 N–H and O–H groups in total. The first-order valence-electron chi connectivity index (χ1n) is 5.57. The molecule has 0 amide bonds. The molecular formula is C12H13F4NO2. The van der Waals surface area contributed by atoms with Crippen LogP contribution in [0.1, 0.15) is 30.5 Å². The van der Waals surface area contributed by atoms with E-state index in [1.165, 1.54) is 0 Å². The number of hydrogen-bond acceptors (Lipinski definition) is 2. The third kappa shape index (κ3) is 4.20. The lowest BCUT2D eigenvalue weighted by Gasteiger charge is -2.21. The molecule has 0 aromatic heterocycles. The maximum atomic E-state index is 13.0. The van der Waals surface area contributed by atoms with Crippen LogP contribution in [0, 0.1) is 5.82 Å². The number of alkyl halides is 3. The molecule has 3 nitrogen and oxygen atoms in total. The molecule has 0 fully saturated rings. The molecule has 0 aliphatic heterocycles. The Hall–Kier alpha value is -1.63. The number of rotatable bonds is 5. The second-order valence-electron chi connectivity index (χ2n) is 3.94. The summed E-state index contributed by atoms with van der Waals surface area (Å²) in [6.07, 6.45) is -5.24. The van der Waals surface area contributed by atoms with E-state index in [1.807, 2.05) is 0 Å². The molecule has 1 aromatic rings. The molecule has 0 aliphatic carbocycles. The van der Waals surface area contributed by atoms with Gasteiger partial charge in [0, 0.05) is 6.04 Å². The van der Waals surface area contributed by atoms with Crippen molar-refractivity contribution >= 4 is 5.97 Å². The molecule has 0 saturated carbocycles. The predicted molar refractivity (Wildman–Crippen MR) is 60.1 cm³/mol. The fourth-order valence-electron chi connectivity index (χ4n) is 1.79. The zero-order valence-electron chi connectivity index (χ0n) is 10.1. The van der Waals surface area contributed by atoms with Gasteiger partial charge in [0.15, 0.2) is 0 Å². The highest BCUT2D eigenvalue weighted by molar-refractivity contribution is 5.68. The summed E-state index contributed by atoms with van der Waals surface area (Å²) in [5.41, 5.74) is -1.42. The van der Waals surface area contributed by atoms with Crippen molar-refractivity contribution in [3.63, 3.8) is 0 Å². The molecule has 1 atom stereocenters. The number of carboxylic acid groups (broad SMARTS) is 1. The van der Waals surface area contributed by atoms with E-state index in [0.717, 1.165) is 12.1 Å². The van der Waals surface area contributed by atoms with E-state index < -0.39 is 36.0 Å². The molecular weight excluding hydrogens is 266 g/mol. The Morgan fingerprint density at radius 2 is 2.05 bits per heavy atom. The highest BCUT2D eigenvalue weighted by Gasteiger charge is 2.36. The van der Waals surface area contributed by atoms with E-state index in [2.05, 4.69) is 5.32 Å². The fraction of sp³-hybridized carbons (Fsp3) is 0.417. The van der Waals surface area contributed by atoms with Crippen molar-refractivity contribution in [1.82, 2.24) is 5.32 Å². The van der Waals surface area contributed by atoms with Crippen molar-refractivity contribution in [2.45, 2.75) is 25.6 Å². The number of aliphatic carboxylic acids is 1. The maximum absolute atomic E-state index is 13.0. The van der Waals surface area contributed by atoms with E-state index in [0.29, 0.717) is 12.6 Å². The van der Waals surface area contributed by atoms with Gasteiger partial charge in [-0.2, -0.15) is 13.2 Å². The van der Waals surface area contributed by atoms with Crippen molar-refractivity contribution in [3.05, 3.63) is 35.1 Å². The van der Waals surface area contributed by atoms with E-state index >= 15 is 0 Å². The largest absolute Gasteiger partial charge is 0.481 e. The normalized spacial score (nSPS) is 13.3. The zero-order chi connectivity index (χ0) is 14.6. The van der Waals surface area contributed by atoms with Gasteiger partial charge < -0.3 is 10.4 Å². The summed E-state index contributed by atoms with van der Waals surface area (Å²) in [5.74, 6) is -2.25. The Labute approximate surface area is 107 Å². The summed E-state index contributed by atoms with van der Waals surface area (Å²) in [6, 6.07) is 1.21. The van der Waals surface area contributed by atoms with Gasteiger partial charge in [-0.3, -0.25) is 4.79 Å². The molecule has 7 heteroatoms. The van der Waals surface area contributed by atoms with Gasteiger partial charge in [-0.05, 0) is 24.2 Å². The van der Waals surface area contributed by atoms with Crippen LogP contribution < -0.4 is 5.32 Å². The Morgan fingerprint density at radius 1 is 1.42 bits per heavy atom. The van der Waals surface area contributed by atoms with Crippen LogP contribution in [0.25, 0.3) is 0 Å². The van der Waals surface area contributed by atoms with Crippen molar-refractivity contribution < 1.29 is 27.5 Å². The highest BCUT2D eigenvalue weighted by atomic mass is 19.4. The first-order chi connectivity index (χ1) is 8.75. The topological polar surface area (TPSA) is 49.3 Å². The molecule has 0 spiro atoms. The average molecular weight is 279 g/mol. The maximum Gasteiger partial charge on any atom is 0.416 e. The Bertz CT molecular complexity index is 460. The molecule has 106 valence electrons. The number of benzene rings is 1. The molecule has 0 radical (unpaired) electrons. The molecule has 0 bridgehead atoms.